The van der Waals surface area contributed by atoms with Crippen molar-refractivity contribution in [3.63, 3.8) is 0 Å². The van der Waals surface area contributed by atoms with Gasteiger partial charge in [-0.3, -0.25) is 0 Å². The zero-order valence-corrected chi connectivity index (χ0v) is 15.6. The molecule has 146 valence electrons. The molecule has 1 N–H and O–H groups in total. The van der Waals surface area contributed by atoms with Crippen molar-refractivity contribution in [1.82, 2.24) is 9.71 Å². The molecule has 1 aromatic carbocycles. The van der Waals surface area contributed by atoms with Crippen LogP contribution in [0.4, 0.5) is 13.2 Å². The Kier molecular flexibility index (Phi) is 5.18. The van der Waals surface area contributed by atoms with E-state index in [4.69, 9.17) is 4.74 Å². The number of pyridine rings is 1. The van der Waals surface area contributed by atoms with Gasteiger partial charge < -0.3 is 4.74 Å². The molecule has 1 aliphatic carbocycles. The molecule has 0 radical (unpaired) electrons. The first kappa shape index (κ1) is 19.6. The molecular weight excluding hydrogens is 381 g/mol. The second-order valence-electron chi connectivity index (χ2n) is 6.71. The number of benzene rings is 1. The van der Waals surface area contributed by atoms with E-state index in [-0.39, 0.29) is 11.9 Å². The van der Waals surface area contributed by atoms with E-state index in [1.807, 2.05) is 0 Å². The number of sulfonamides is 1. The third kappa shape index (κ3) is 4.59. The number of ether oxygens (including phenoxy) is 1. The summed E-state index contributed by atoms with van der Waals surface area (Å²) in [5.74, 6) is 0.202. The molecule has 0 unspecified atom stereocenters. The third-order valence-electron chi connectivity index (χ3n) is 4.30. The van der Waals surface area contributed by atoms with Crippen LogP contribution in [0.2, 0.25) is 0 Å². The van der Waals surface area contributed by atoms with Gasteiger partial charge in [0, 0.05) is 12.1 Å². The van der Waals surface area contributed by atoms with E-state index in [9.17, 15) is 21.6 Å². The van der Waals surface area contributed by atoms with E-state index in [1.54, 1.807) is 32.0 Å². The second-order valence-corrected chi connectivity index (χ2v) is 8.98. The van der Waals surface area contributed by atoms with Gasteiger partial charge in [0.25, 0.3) is 0 Å². The molecular formula is C18H19F3N2O3S. The topological polar surface area (TPSA) is 68.3 Å². The van der Waals surface area contributed by atoms with Crippen molar-refractivity contribution in [1.29, 1.82) is 0 Å². The molecule has 5 nitrogen and oxygen atoms in total. The lowest BCUT2D eigenvalue weighted by molar-refractivity contribution is -0.141. The van der Waals surface area contributed by atoms with E-state index >= 15 is 0 Å². The van der Waals surface area contributed by atoms with Crippen LogP contribution in [-0.4, -0.2) is 24.7 Å². The van der Waals surface area contributed by atoms with Gasteiger partial charge in [0.05, 0.1) is 5.25 Å². The van der Waals surface area contributed by atoms with Crippen LogP contribution in [-0.2, 0) is 29.0 Å². The number of halogens is 3. The molecule has 2 aromatic rings. The van der Waals surface area contributed by atoms with Crippen molar-refractivity contribution >= 4 is 10.0 Å². The van der Waals surface area contributed by atoms with Crippen LogP contribution < -0.4 is 9.46 Å². The average Bonchev–Trinajstić information content (AvgIpc) is 2.95. The maximum atomic E-state index is 12.7. The molecule has 0 saturated heterocycles. The molecule has 3 rings (SSSR count). The van der Waals surface area contributed by atoms with Crippen LogP contribution >= 0.6 is 0 Å². The van der Waals surface area contributed by atoms with Crippen LogP contribution in [0.1, 0.15) is 30.7 Å². The zero-order chi connectivity index (χ0) is 19.8. The zero-order valence-electron chi connectivity index (χ0n) is 14.7. The first-order chi connectivity index (χ1) is 12.5. The lowest BCUT2D eigenvalue weighted by Crippen LogP contribution is -2.39. The van der Waals surface area contributed by atoms with E-state index < -0.39 is 27.1 Å². The number of rotatable bonds is 5. The van der Waals surface area contributed by atoms with Crippen LogP contribution in [0.3, 0.4) is 0 Å². The Morgan fingerprint density at radius 1 is 1.15 bits per heavy atom. The quantitative estimate of drug-likeness (QED) is 0.831. The first-order valence-electron chi connectivity index (χ1n) is 8.39. The smallest absolute Gasteiger partial charge is 0.433 e. The molecule has 1 aromatic heterocycles. The summed E-state index contributed by atoms with van der Waals surface area (Å²) in [5, 5.41) is -0.521. The summed E-state index contributed by atoms with van der Waals surface area (Å²) in [5.41, 5.74) is 0.857. The van der Waals surface area contributed by atoms with Crippen molar-refractivity contribution in [2.75, 3.05) is 0 Å². The molecule has 0 bridgehead atoms. The van der Waals surface area contributed by atoms with Gasteiger partial charge in [-0.05, 0) is 56.0 Å². The van der Waals surface area contributed by atoms with Gasteiger partial charge in [-0.15, -0.1) is 0 Å². The molecule has 1 atom stereocenters. The van der Waals surface area contributed by atoms with Gasteiger partial charge in [-0.2, -0.15) is 13.2 Å². The molecule has 1 aliphatic rings. The maximum Gasteiger partial charge on any atom is 0.433 e. The highest BCUT2D eigenvalue weighted by molar-refractivity contribution is 7.90. The van der Waals surface area contributed by atoms with Crippen LogP contribution in [0.15, 0.2) is 36.4 Å². The summed E-state index contributed by atoms with van der Waals surface area (Å²) >= 11 is 0. The van der Waals surface area contributed by atoms with E-state index in [2.05, 4.69) is 9.71 Å². The molecule has 27 heavy (non-hydrogen) atoms. The second kappa shape index (κ2) is 7.12. The average molecular weight is 400 g/mol. The Labute approximate surface area is 155 Å². The lowest BCUT2D eigenvalue weighted by Gasteiger charge is -2.14. The number of hydrogen-bond donors (Lipinski definition) is 1. The summed E-state index contributed by atoms with van der Waals surface area (Å²) in [4.78, 5) is 3.48. The summed E-state index contributed by atoms with van der Waals surface area (Å²) in [6.45, 7) is 3.22. The van der Waals surface area contributed by atoms with E-state index in [0.717, 1.165) is 17.2 Å². The number of nitrogens with one attached hydrogen (secondary N) is 1. The molecule has 0 fully saturated rings. The molecule has 9 heteroatoms. The van der Waals surface area contributed by atoms with Crippen molar-refractivity contribution in [3.8, 4) is 11.6 Å². The minimum absolute atomic E-state index is 0.153. The van der Waals surface area contributed by atoms with Gasteiger partial charge in [0.2, 0.25) is 15.9 Å². The molecule has 1 heterocycles. The monoisotopic (exact) mass is 400 g/mol. The molecule has 0 aliphatic heterocycles. The SMILES string of the molecule is CC(C)S(=O)(=O)N[C@@H]1Cc2ccc(Oc3cccc(C(F)(F)F)n3)cc2C1. The highest BCUT2D eigenvalue weighted by Crippen LogP contribution is 2.32. The largest absolute Gasteiger partial charge is 0.439 e. The highest BCUT2D eigenvalue weighted by Gasteiger charge is 2.33. The Morgan fingerprint density at radius 2 is 1.85 bits per heavy atom. The summed E-state index contributed by atoms with van der Waals surface area (Å²) in [6.07, 6.45) is -3.49. The minimum Gasteiger partial charge on any atom is -0.439 e. The summed E-state index contributed by atoms with van der Waals surface area (Å²) in [7, 11) is -3.37. The van der Waals surface area contributed by atoms with Gasteiger partial charge in [-0.25, -0.2) is 18.1 Å². The fraction of sp³-hybridized carbons (Fsp3) is 0.389. The van der Waals surface area contributed by atoms with Crippen molar-refractivity contribution < 1.29 is 26.3 Å². The Morgan fingerprint density at radius 3 is 2.52 bits per heavy atom. The Bertz CT molecular complexity index is 943. The van der Waals surface area contributed by atoms with Gasteiger partial charge in [-0.1, -0.05) is 12.1 Å². The maximum absolute atomic E-state index is 12.7. The van der Waals surface area contributed by atoms with Crippen LogP contribution in [0.25, 0.3) is 0 Å². The van der Waals surface area contributed by atoms with E-state index in [1.165, 1.54) is 12.1 Å². The fourth-order valence-electron chi connectivity index (χ4n) is 2.86. The summed E-state index contributed by atoms with van der Waals surface area (Å²) in [6, 6.07) is 8.36. The predicted octanol–water partition coefficient (Wildman–Crippen LogP) is 3.69. The molecule has 0 spiro atoms. The van der Waals surface area contributed by atoms with Gasteiger partial charge in [0.15, 0.2) is 0 Å². The van der Waals surface area contributed by atoms with Crippen molar-refractivity contribution in [2.24, 2.45) is 0 Å². The number of hydrogen-bond acceptors (Lipinski definition) is 4. The Hall–Kier alpha value is -2.13. The molecule has 0 saturated carbocycles. The summed E-state index contributed by atoms with van der Waals surface area (Å²) < 4.78 is 70.4. The lowest BCUT2D eigenvalue weighted by atomic mass is 10.1. The predicted molar refractivity (Wildman–Crippen MR) is 94.1 cm³/mol. The normalized spacial score (nSPS) is 17.2. The third-order valence-corrected chi connectivity index (χ3v) is 6.20. The fourth-order valence-corrected chi connectivity index (χ4v) is 3.76. The van der Waals surface area contributed by atoms with Gasteiger partial charge in [0.1, 0.15) is 11.4 Å². The van der Waals surface area contributed by atoms with Gasteiger partial charge >= 0.3 is 6.18 Å². The number of aromatic nitrogens is 1. The number of alkyl halides is 3. The van der Waals surface area contributed by atoms with Crippen LogP contribution in [0, 0.1) is 0 Å². The first-order valence-corrected chi connectivity index (χ1v) is 9.94. The standard InChI is InChI=1S/C18H19F3N2O3S/c1-11(2)27(24,25)23-14-8-12-6-7-15(10-13(12)9-14)26-17-5-3-4-16(22-17)18(19,20)21/h3-7,10-11,14,23H,8-9H2,1-2H3/t14-/m1/s1. The van der Waals surface area contributed by atoms with E-state index in [0.29, 0.717) is 18.6 Å². The number of nitrogens with zero attached hydrogens (tertiary/aromatic N) is 1. The van der Waals surface area contributed by atoms with Crippen molar-refractivity contribution in [3.05, 3.63) is 53.2 Å². The molecule has 0 amide bonds. The van der Waals surface area contributed by atoms with Crippen LogP contribution in [0.5, 0.6) is 11.6 Å². The van der Waals surface area contributed by atoms with Crippen molar-refractivity contribution in [2.45, 2.75) is 44.2 Å². The Balaban J connectivity index is 1.73. The minimum atomic E-state index is -4.54. The highest BCUT2D eigenvalue weighted by atomic mass is 32.2. The number of fused-ring (bicyclic) bond motifs is 1.